The molecule has 0 saturated carbocycles. The molecule has 1 atom stereocenters. The van der Waals surface area contributed by atoms with Gasteiger partial charge in [-0.2, -0.15) is 0 Å². The van der Waals surface area contributed by atoms with Crippen LogP contribution in [-0.4, -0.2) is 28.8 Å². The topological polar surface area (TPSA) is 98.7 Å². The van der Waals surface area contributed by atoms with Gasteiger partial charge < -0.3 is 20.8 Å². The number of anilines is 1. The van der Waals surface area contributed by atoms with Crippen LogP contribution in [0.3, 0.4) is 0 Å². The molecule has 4 N–H and O–H groups in total. The maximum atomic E-state index is 11.8. The predicted octanol–water partition coefficient (Wildman–Crippen LogP) is 2.89. The number of aromatic carboxylic acids is 1. The molecule has 0 aromatic heterocycles. The molecule has 1 aromatic rings. The molecule has 2 amide bonds. The Hall–Kier alpha value is -2.24. The van der Waals surface area contributed by atoms with Crippen molar-refractivity contribution in [2.24, 2.45) is 11.3 Å². The van der Waals surface area contributed by atoms with Crippen molar-refractivity contribution in [2.75, 3.05) is 11.9 Å². The average molecular weight is 294 g/mol. The number of benzene rings is 1. The second-order valence-electron chi connectivity index (χ2n) is 6.14. The fourth-order valence-electron chi connectivity index (χ4n) is 1.54. The highest BCUT2D eigenvalue weighted by Crippen LogP contribution is 2.24. The highest BCUT2D eigenvalue weighted by atomic mass is 16.4. The summed E-state index contributed by atoms with van der Waals surface area (Å²) in [5.74, 6) is -1.12. The zero-order chi connectivity index (χ0) is 16.2. The van der Waals surface area contributed by atoms with Crippen molar-refractivity contribution in [3.8, 4) is 5.75 Å². The maximum Gasteiger partial charge on any atom is 0.337 e. The van der Waals surface area contributed by atoms with Gasteiger partial charge in [-0.3, -0.25) is 0 Å². The molecule has 0 saturated heterocycles. The Kier molecular flexibility index (Phi) is 5.18. The summed E-state index contributed by atoms with van der Waals surface area (Å²) in [4.78, 5) is 22.9. The van der Waals surface area contributed by atoms with Gasteiger partial charge in [-0.05, 0) is 29.5 Å². The largest absolute Gasteiger partial charge is 0.508 e. The van der Waals surface area contributed by atoms with E-state index in [2.05, 4.69) is 31.4 Å². The van der Waals surface area contributed by atoms with Crippen LogP contribution in [0.5, 0.6) is 5.75 Å². The number of carbonyl (C=O) groups excluding carboxylic acids is 1. The van der Waals surface area contributed by atoms with Gasteiger partial charge in [0.1, 0.15) is 5.75 Å². The minimum Gasteiger partial charge on any atom is -0.508 e. The lowest BCUT2D eigenvalue weighted by atomic mass is 9.82. The van der Waals surface area contributed by atoms with E-state index in [1.54, 1.807) is 0 Å². The molecule has 0 aliphatic rings. The molecule has 1 aromatic carbocycles. The number of aromatic hydroxyl groups is 1. The normalized spacial score (nSPS) is 12.6. The van der Waals surface area contributed by atoms with E-state index in [-0.39, 0.29) is 28.3 Å². The summed E-state index contributed by atoms with van der Waals surface area (Å²) < 4.78 is 0. The lowest BCUT2D eigenvalue weighted by Crippen LogP contribution is -2.36. The van der Waals surface area contributed by atoms with E-state index in [1.165, 1.54) is 12.1 Å². The molecule has 1 unspecified atom stereocenters. The minimum absolute atomic E-state index is 0.0675. The van der Waals surface area contributed by atoms with Gasteiger partial charge in [0.05, 0.1) is 11.3 Å². The van der Waals surface area contributed by atoms with E-state index >= 15 is 0 Å². The number of urea groups is 1. The SMILES string of the molecule is CC(CNC(=O)Nc1ccc(O)cc1C(=O)O)C(C)(C)C. The van der Waals surface area contributed by atoms with Crippen LogP contribution in [-0.2, 0) is 0 Å². The van der Waals surface area contributed by atoms with Gasteiger partial charge in [-0.25, -0.2) is 9.59 Å². The number of hydrogen-bond acceptors (Lipinski definition) is 3. The summed E-state index contributed by atoms with van der Waals surface area (Å²) in [6.07, 6.45) is 0. The summed E-state index contributed by atoms with van der Waals surface area (Å²) in [5, 5.41) is 23.5. The number of rotatable bonds is 4. The van der Waals surface area contributed by atoms with Gasteiger partial charge >= 0.3 is 12.0 Å². The predicted molar refractivity (Wildman–Crippen MR) is 80.7 cm³/mol. The lowest BCUT2D eigenvalue weighted by Gasteiger charge is -2.27. The zero-order valence-corrected chi connectivity index (χ0v) is 12.7. The Morgan fingerprint density at radius 1 is 1.29 bits per heavy atom. The van der Waals surface area contributed by atoms with Gasteiger partial charge in [-0.1, -0.05) is 27.7 Å². The van der Waals surface area contributed by atoms with Crippen LogP contribution in [0.25, 0.3) is 0 Å². The second kappa shape index (κ2) is 6.47. The first-order valence-corrected chi connectivity index (χ1v) is 6.72. The minimum atomic E-state index is -1.22. The van der Waals surface area contributed by atoms with Crippen LogP contribution in [0.4, 0.5) is 10.5 Å². The van der Waals surface area contributed by atoms with E-state index in [0.717, 1.165) is 6.07 Å². The maximum absolute atomic E-state index is 11.8. The van der Waals surface area contributed by atoms with Gasteiger partial charge in [0.25, 0.3) is 0 Å². The first-order chi connectivity index (χ1) is 9.61. The number of carbonyl (C=O) groups is 2. The van der Waals surface area contributed by atoms with Crippen LogP contribution in [0.15, 0.2) is 18.2 Å². The van der Waals surface area contributed by atoms with Crippen LogP contribution in [0.2, 0.25) is 0 Å². The molecule has 0 aliphatic carbocycles. The van der Waals surface area contributed by atoms with Gasteiger partial charge in [-0.15, -0.1) is 0 Å². The molecule has 0 fully saturated rings. The van der Waals surface area contributed by atoms with Gasteiger partial charge in [0, 0.05) is 6.54 Å². The van der Waals surface area contributed by atoms with Gasteiger partial charge in [0.2, 0.25) is 0 Å². The molecule has 0 spiro atoms. The van der Waals surface area contributed by atoms with Gasteiger partial charge in [0.15, 0.2) is 0 Å². The highest BCUT2D eigenvalue weighted by Gasteiger charge is 2.20. The molecular weight excluding hydrogens is 272 g/mol. The van der Waals surface area contributed by atoms with Crippen molar-refractivity contribution in [3.05, 3.63) is 23.8 Å². The summed E-state index contributed by atoms with van der Waals surface area (Å²) in [5.41, 5.74) is 0.0492. The number of nitrogens with one attached hydrogen (secondary N) is 2. The quantitative estimate of drug-likeness (QED) is 0.642. The summed E-state index contributed by atoms with van der Waals surface area (Å²) in [6.45, 7) is 8.76. The van der Waals surface area contributed by atoms with Crippen LogP contribution < -0.4 is 10.6 Å². The van der Waals surface area contributed by atoms with Crippen molar-refractivity contribution in [1.82, 2.24) is 5.32 Å². The Labute approximate surface area is 124 Å². The Morgan fingerprint density at radius 3 is 2.43 bits per heavy atom. The van der Waals surface area contributed by atoms with E-state index in [1.807, 2.05) is 6.92 Å². The summed E-state index contributed by atoms with van der Waals surface area (Å²) >= 11 is 0. The highest BCUT2D eigenvalue weighted by molar-refractivity contribution is 6.00. The third-order valence-corrected chi connectivity index (χ3v) is 3.53. The van der Waals surface area contributed by atoms with Crippen LogP contribution >= 0.6 is 0 Å². The monoisotopic (exact) mass is 294 g/mol. The van der Waals surface area contributed by atoms with E-state index in [4.69, 9.17) is 5.11 Å². The molecule has 116 valence electrons. The van der Waals surface area contributed by atoms with Crippen molar-refractivity contribution in [2.45, 2.75) is 27.7 Å². The third-order valence-electron chi connectivity index (χ3n) is 3.53. The van der Waals surface area contributed by atoms with E-state index < -0.39 is 12.0 Å². The number of phenolic OH excluding ortho intramolecular Hbond substituents is 1. The van der Waals surface area contributed by atoms with Crippen LogP contribution in [0, 0.1) is 11.3 Å². The molecule has 6 nitrogen and oxygen atoms in total. The third kappa shape index (κ3) is 4.98. The first-order valence-electron chi connectivity index (χ1n) is 6.72. The van der Waals surface area contributed by atoms with Crippen molar-refractivity contribution in [3.63, 3.8) is 0 Å². The Balaban J connectivity index is 2.70. The standard InChI is InChI=1S/C15H22N2O4/c1-9(15(2,3)4)8-16-14(21)17-12-6-5-10(18)7-11(12)13(19)20/h5-7,9,18H,8H2,1-4H3,(H,19,20)(H2,16,17,21). The lowest BCUT2D eigenvalue weighted by molar-refractivity contribution is 0.0697. The molecule has 6 heteroatoms. The number of carboxylic acid groups (broad SMARTS) is 1. The molecular formula is C15H22N2O4. The smallest absolute Gasteiger partial charge is 0.337 e. The second-order valence-corrected chi connectivity index (χ2v) is 6.14. The molecule has 21 heavy (non-hydrogen) atoms. The number of amides is 2. The van der Waals surface area contributed by atoms with E-state index in [9.17, 15) is 14.7 Å². The molecule has 0 bridgehead atoms. The Morgan fingerprint density at radius 2 is 1.90 bits per heavy atom. The van der Waals surface area contributed by atoms with Crippen molar-refractivity contribution >= 4 is 17.7 Å². The van der Waals surface area contributed by atoms with Crippen LogP contribution in [0.1, 0.15) is 38.1 Å². The average Bonchev–Trinajstić information content (AvgIpc) is 2.36. The fourth-order valence-corrected chi connectivity index (χ4v) is 1.54. The Bertz CT molecular complexity index is 535. The van der Waals surface area contributed by atoms with E-state index in [0.29, 0.717) is 6.54 Å². The summed E-state index contributed by atoms with van der Waals surface area (Å²) in [7, 11) is 0. The first kappa shape index (κ1) is 16.8. The molecule has 0 radical (unpaired) electrons. The number of carboxylic acids is 1. The number of phenols is 1. The molecule has 1 rings (SSSR count). The summed E-state index contributed by atoms with van der Waals surface area (Å²) in [6, 6.07) is 3.29. The van der Waals surface area contributed by atoms with Crippen molar-refractivity contribution in [1.29, 1.82) is 0 Å². The van der Waals surface area contributed by atoms with Crippen molar-refractivity contribution < 1.29 is 19.8 Å². The molecule has 0 aliphatic heterocycles. The molecule has 0 heterocycles. The zero-order valence-electron chi connectivity index (χ0n) is 12.7. The fraction of sp³-hybridized carbons (Fsp3) is 0.467. The number of hydrogen-bond donors (Lipinski definition) is 4.